The van der Waals surface area contributed by atoms with Crippen LogP contribution in [0.5, 0.6) is 5.75 Å². The lowest BCUT2D eigenvalue weighted by Crippen LogP contribution is -1.94. The van der Waals surface area contributed by atoms with Crippen molar-refractivity contribution in [1.29, 1.82) is 0 Å². The molecule has 0 radical (unpaired) electrons. The predicted molar refractivity (Wildman–Crippen MR) is 69.9 cm³/mol. The van der Waals surface area contributed by atoms with Crippen LogP contribution >= 0.6 is 0 Å². The number of aryl methyl sites for hydroxylation is 1. The van der Waals surface area contributed by atoms with Crippen LogP contribution in [0, 0.1) is 0 Å². The number of nitrogens with two attached hydrogens (primary N) is 1. The van der Waals surface area contributed by atoms with Gasteiger partial charge in [-0.15, -0.1) is 0 Å². The molecule has 0 unspecified atom stereocenters. The van der Waals surface area contributed by atoms with Crippen LogP contribution in [0.3, 0.4) is 0 Å². The number of methoxy groups -OCH3 is 1. The molecule has 1 rings (SSSR count). The topological polar surface area (TPSA) is 35.2 Å². The fourth-order valence-corrected chi connectivity index (χ4v) is 1.84. The standard InChI is InChI=1S/C14H23NO/c1-3-4-5-6-7-8-12-9-10-13(15)14(11-12)16-2/h9-11H,3-8,15H2,1-2H3. The highest BCUT2D eigenvalue weighted by molar-refractivity contribution is 5.53. The number of nitrogen functional groups attached to an aromatic ring is 1. The lowest BCUT2D eigenvalue weighted by Gasteiger charge is -2.07. The summed E-state index contributed by atoms with van der Waals surface area (Å²) >= 11 is 0. The van der Waals surface area contributed by atoms with E-state index < -0.39 is 0 Å². The van der Waals surface area contributed by atoms with Gasteiger partial charge < -0.3 is 10.5 Å². The molecule has 0 heterocycles. The summed E-state index contributed by atoms with van der Waals surface area (Å²) in [5.74, 6) is 0.797. The van der Waals surface area contributed by atoms with Crippen LogP contribution in [0.25, 0.3) is 0 Å². The minimum Gasteiger partial charge on any atom is -0.495 e. The fraction of sp³-hybridized carbons (Fsp3) is 0.571. The van der Waals surface area contributed by atoms with E-state index in [0.717, 1.165) is 17.9 Å². The molecule has 2 nitrogen and oxygen atoms in total. The van der Waals surface area contributed by atoms with E-state index in [0.29, 0.717) is 0 Å². The molecule has 0 aliphatic rings. The molecule has 2 N–H and O–H groups in total. The van der Waals surface area contributed by atoms with Crippen LogP contribution < -0.4 is 10.5 Å². The summed E-state index contributed by atoms with van der Waals surface area (Å²) in [4.78, 5) is 0. The summed E-state index contributed by atoms with van der Waals surface area (Å²) in [6, 6.07) is 6.08. The van der Waals surface area contributed by atoms with E-state index >= 15 is 0 Å². The Kier molecular flexibility index (Phi) is 5.76. The first-order valence-electron chi connectivity index (χ1n) is 6.20. The molecule has 0 atom stereocenters. The molecule has 0 spiro atoms. The molecule has 0 fully saturated rings. The quantitative estimate of drug-likeness (QED) is 0.561. The van der Waals surface area contributed by atoms with Crippen molar-refractivity contribution in [3.63, 3.8) is 0 Å². The zero-order valence-corrected chi connectivity index (χ0v) is 10.5. The van der Waals surface area contributed by atoms with Crippen molar-refractivity contribution < 1.29 is 4.74 Å². The predicted octanol–water partition coefficient (Wildman–Crippen LogP) is 3.79. The van der Waals surface area contributed by atoms with Gasteiger partial charge in [-0.25, -0.2) is 0 Å². The highest BCUT2D eigenvalue weighted by Crippen LogP contribution is 2.23. The van der Waals surface area contributed by atoms with Crippen molar-refractivity contribution in [2.45, 2.75) is 45.4 Å². The molecule has 0 saturated carbocycles. The summed E-state index contributed by atoms with van der Waals surface area (Å²) < 4.78 is 5.21. The first-order valence-corrected chi connectivity index (χ1v) is 6.20. The van der Waals surface area contributed by atoms with Crippen LogP contribution in [-0.2, 0) is 6.42 Å². The number of ether oxygens (including phenoxy) is 1. The average Bonchev–Trinajstić information content (AvgIpc) is 2.31. The minimum absolute atomic E-state index is 0.720. The molecule has 2 heteroatoms. The molecule has 1 aromatic carbocycles. The Morgan fingerprint density at radius 2 is 1.88 bits per heavy atom. The van der Waals surface area contributed by atoms with Gasteiger partial charge in [0.1, 0.15) is 5.75 Å². The maximum absolute atomic E-state index is 5.77. The van der Waals surface area contributed by atoms with E-state index in [2.05, 4.69) is 19.1 Å². The monoisotopic (exact) mass is 221 g/mol. The molecular weight excluding hydrogens is 198 g/mol. The molecule has 0 amide bonds. The Morgan fingerprint density at radius 1 is 1.12 bits per heavy atom. The molecule has 90 valence electrons. The first-order chi connectivity index (χ1) is 7.77. The molecule has 0 aromatic heterocycles. The van der Waals surface area contributed by atoms with Gasteiger partial charge in [0.2, 0.25) is 0 Å². The van der Waals surface area contributed by atoms with Gasteiger partial charge in [0.25, 0.3) is 0 Å². The number of unbranched alkanes of at least 4 members (excludes halogenated alkanes) is 4. The SMILES string of the molecule is CCCCCCCc1ccc(N)c(OC)c1. The van der Waals surface area contributed by atoms with Crippen molar-refractivity contribution in [2.24, 2.45) is 0 Å². The summed E-state index contributed by atoms with van der Waals surface area (Å²) in [5, 5.41) is 0. The summed E-state index contributed by atoms with van der Waals surface area (Å²) in [5.41, 5.74) is 7.81. The molecule has 0 aliphatic heterocycles. The summed E-state index contributed by atoms with van der Waals surface area (Å²) in [6.07, 6.45) is 7.71. The molecule has 1 aromatic rings. The van der Waals surface area contributed by atoms with E-state index in [9.17, 15) is 0 Å². The lowest BCUT2D eigenvalue weighted by atomic mass is 10.0. The van der Waals surface area contributed by atoms with Crippen LogP contribution in [0.4, 0.5) is 5.69 Å². The number of rotatable bonds is 7. The smallest absolute Gasteiger partial charge is 0.142 e. The van der Waals surface area contributed by atoms with Crippen molar-refractivity contribution in [3.05, 3.63) is 23.8 Å². The fourth-order valence-electron chi connectivity index (χ4n) is 1.84. The minimum atomic E-state index is 0.720. The van der Waals surface area contributed by atoms with Crippen molar-refractivity contribution in [2.75, 3.05) is 12.8 Å². The number of anilines is 1. The average molecular weight is 221 g/mol. The Morgan fingerprint density at radius 3 is 2.56 bits per heavy atom. The van der Waals surface area contributed by atoms with Crippen LogP contribution in [0.15, 0.2) is 18.2 Å². The zero-order chi connectivity index (χ0) is 11.8. The van der Waals surface area contributed by atoms with Crippen molar-refractivity contribution >= 4 is 5.69 Å². The van der Waals surface area contributed by atoms with Gasteiger partial charge in [-0.05, 0) is 30.5 Å². The third-order valence-corrected chi connectivity index (χ3v) is 2.87. The van der Waals surface area contributed by atoms with Gasteiger partial charge >= 0.3 is 0 Å². The Bertz CT molecular complexity index is 310. The number of hydrogen-bond acceptors (Lipinski definition) is 2. The van der Waals surface area contributed by atoms with Gasteiger partial charge in [0.05, 0.1) is 12.8 Å². The van der Waals surface area contributed by atoms with Gasteiger partial charge in [-0.2, -0.15) is 0 Å². The molecule has 0 saturated heterocycles. The second-order valence-corrected chi connectivity index (χ2v) is 4.24. The van der Waals surface area contributed by atoms with E-state index in [1.54, 1.807) is 7.11 Å². The van der Waals surface area contributed by atoms with Crippen LogP contribution in [-0.4, -0.2) is 7.11 Å². The second kappa shape index (κ2) is 7.15. The maximum Gasteiger partial charge on any atom is 0.142 e. The molecule has 0 bridgehead atoms. The highest BCUT2D eigenvalue weighted by Gasteiger charge is 2.00. The molecule has 0 aliphatic carbocycles. The van der Waals surface area contributed by atoms with E-state index in [1.165, 1.54) is 37.7 Å². The lowest BCUT2D eigenvalue weighted by molar-refractivity contribution is 0.416. The number of hydrogen-bond donors (Lipinski definition) is 1. The third kappa shape index (κ3) is 4.13. The van der Waals surface area contributed by atoms with Gasteiger partial charge in [0.15, 0.2) is 0 Å². The zero-order valence-electron chi connectivity index (χ0n) is 10.5. The Balaban J connectivity index is 2.36. The van der Waals surface area contributed by atoms with E-state index in [4.69, 9.17) is 10.5 Å². The number of benzene rings is 1. The largest absolute Gasteiger partial charge is 0.495 e. The first kappa shape index (κ1) is 12.9. The highest BCUT2D eigenvalue weighted by atomic mass is 16.5. The van der Waals surface area contributed by atoms with Gasteiger partial charge in [0, 0.05) is 0 Å². The van der Waals surface area contributed by atoms with Crippen LogP contribution in [0.2, 0.25) is 0 Å². The van der Waals surface area contributed by atoms with Crippen LogP contribution in [0.1, 0.15) is 44.6 Å². The van der Waals surface area contributed by atoms with Crippen molar-refractivity contribution in [1.82, 2.24) is 0 Å². The van der Waals surface area contributed by atoms with Crippen molar-refractivity contribution in [3.8, 4) is 5.75 Å². The summed E-state index contributed by atoms with van der Waals surface area (Å²) in [6.45, 7) is 2.24. The van der Waals surface area contributed by atoms with E-state index in [1.807, 2.05) is 6.07 Å². The van der Waals surface area contributed by atoms with E-state index in [-0.39, 0.29) is 0 Å². The molecular formula is C14H23NO. The van der Waals surface area contributed by atoms with Gasteiger partial charge in [-0.1, -0.05) is 38.7 Å². The Hall–Kier alpha value is -1.18. The normalized spacial score (nSPS) is 10.4. The maximum atomic E-state index is 5.77. The molecule has 16 heavy (non-hydrogen) atoms. The Labute approximate surface area is 98.8 Å². The summed E-state index contributed by atoms with van der Waals surface area (Å²) in [7, 11) is 1.66. The third-order valence-electron chi connectivity index (χ3n) is 2.87. The second-order valence-electron chi connectivity index (χ2n) is 4.24. The van der Waals surface area contributed by atoms with Gasteiger partial charge in [-0.3, -0.25) is 0 Å².